The SMILES string of the molecule is Cc1cc(Cl)cc(S(=O)(=O)Nc2ccc3[nH]ccc3c2)c1. The number of aromatic nitrogens is 1. The molecule has 2 N–H and O–H groups in total. The van der Waals surface area contributed by atoms with Gasteiger partial charge in [0.1, 0.15) is 0 Å². The zero-order valence-electron chi connectivity index (χ0n) is 11.2. The van der Waals surface area contributed by atoms with E-state index in [1.165, 1.54) is 6.07 Å². The van der Waals surface area contributed by atoms with Crippen LogP contribution in [0.2, 0.25) is 5.02 Å². The van der Waals surface area contributed by atoms with Gasteiger partial charge in [-0.3, -0.25) is 4.72 Å². The van der Waals surface area contributed by atoms with Crippen molar-refractivity contribution in [2.75, 3.05) is 4.72 Å². The van der Waals surface area contributed by atoms with Crippen LogP contribution in [0.25, 0.3) is 10.9 Å². The highest BCUT2D eigenvalue weighted by Crippen LogP contribution is 2.23. The van der Waals surface area contributed by atoms with Crippen LogP contribution in [0.15, 0.2) is 53.6 Å². The first-order chi connectivity index (χ1) is 9.94. The van der Waals surface area contributed by atoms with E-state index in [-0.39, 0.29) is 4.90 Å². The van der Waals surface area contributed by atoms with Gasteiger partial charge in [0.05, 0.1) is 4.90 Å². The Balaban J connectivity index is 1.98. The summed E-state index contributed by atoms with van der Waals surface area (Å²) in [4.78, 5) is 3.22. The highest BCUT2D eigenvalue weighted by molar-refractivity contribution is 7.92. The molecule has 0 bridgehead atoms. The van der Waals surface area contributed by atoms with E-state index in [1.54, 1.807) is 31.2 Å². The first kappa shape index (κ1) is 14.0. The summed E-state index contributed by atoms with van der Waals surface area (Å²) in [6.45, 7) is 1.80. The molecule has 108 valence electrons. The summed E-state index contributed by atoms with van der Waals surface area (Å²) < 4.78 is 27.4. The zero-order chi connectivity index (χ0) is 15.0. The number of H-pyrrole nitrogens is 1. The molecule has 2 aromatic carbocycles. The second kappa shape index (κ2) is 5.09. The molecule has 0 aliphatic rings. The van der Waals surface area contributed by atoms with Gasteiger partial charge >= 0.3 is 0 Å². The lowest BCUT2D eigenvalue weighted by molar-refractivity contribution is 0.601. The number of hydrogen-bond acceptors (Lipinski definition) is 2. The van der Waals surface area contributed by atoms with Gasteiger partial charge in [0, 0.05) is 27.8 Å². The molecule has 0 unspecified atom stereocenters. The fourth-order valence-electron chi connectivity index (χ4n) is 2.19. The molecule has 0 amide bonds. The maximum Gasteiger partial charge on any atom is 0.261 e. The topological polar surface area (TPSA) is 62.0 Å². The van der Waals surface area contributed by atoms with Crippen molar-refractivity contribution in [2.24, 2.45) is 0 Å². The standard InChI is InChI=1S/C15H13ClN2O2S/c1-10-6-12(16)9-14(7-10)21(19,20)18-13-2-3-15-11(8-13)4-5-17-15/h2-9,17-18H,1H3. The molecule has 0 saturated carbocycles. The maximum atomic E-state index is 12.4. The number of hydrogen-bond donors (Lipinski definition) is 2. The Bertz CT molecular complexity index is 896. The summed E-state index contributed by atoms with van der Waals surface area (Å²) in [6.07, 6.45) is 1.81. The van der Waals surface area contributed by atoms with Gasteiger partial charge in [0.2, 0.25) is 0 Å². The molecule has 0 atom stereocenters. The molecule has 6 heteroatoms. The van der Waals surface area contributed by atoms with E-state index in [9.17, 15) is 8.42 Å². The molecule has 3 aromatic rings. The minimum absolute atomic E-state index is 0.154. The molecule has 0 fully saturated rings. The lowest BCUT2D eigenvalue weighted by Crippen LogP contribution is -2.13. The van der Waals surface area contributed by atoms with Crippen LogP contribution in [-0.2, 0) is 10.0 Å². The van der Waals surface area contributed by atoms with Crippen LogP contribution in [-0.4, -0.2) is 13.4 Å². The second-order valence-corrected chi connectivity index (χ2v) is 6.97. The molecule has 0 aliphatic carbocycles. The monoisotopic (exact) mass is 320 g/mol. The number of nitrogens with one attached hydrogen (secondary N) is 2. The van der Waals surface area contributed by atoms with Crippen molar-refractivity contribution in [3.05, 3.63) is 59.2 Å². The first-order valence-corrected chi connectivity index (χ1v) is 8.17. The van der Waals surface area contributed by atoms with E-state index in [4.69, 9.17) is 11.6 Å². The molecule has 0 radical (unpaired) electrons. The van der Waals surface area contributed by atoms with Crippen LogP contribution in [0.1, 0.15) is 5.56 Å². The second-order valence-electron chi connectivity index (χ2n) is 4.85. The van der Waals surface area contributed by atoms with Gasteiger partial charge in [-0.2, -0.15) is 0 Å². The first-order valence-electron chi connectivity index (χ1n) is 6.31. The third-order valence-corrected chi connectivity index (χ3v) is 4.71. The van der Waals surface area contributed by atoms with Gasteiger partial charge in [-0.05, 0) is 55.0 Å². The average Bonchev–Trinajstić information content (AvgIpc) is 2.84. The van der Waals surface area contributed by atoms with Crippen molar-refractivity contribution < 1.29 is 8.42 Å². The number of aromatic amines is 1. The quantitative estimate of drug-likeness (QED) is 0.768. The van der Waals surface area contributed by atoms with Gasteiger partial charge < -0.3 is 4.98 Å². The number of halogens is 1. The molecular formula is C15H13ClN2O2S. The smallest absolute Gasteiger partial charge is 0.261 e. The van der Waals surface area contributed by atoms with E-state index < -0.39 is 10.0 Å². The van der Waals surface area contributed by atoms with Crippen molar-refractivity contribution in [3.63, 3.8) is 0 Å². The van der Waals surface area contributed by atoms with E-state index in [1.807, 2.05) is 18.3 Å². The predicted molar refractivity (Wildman–Crippen MR) is 85.3 cm³/mol. The van der Waals surface area contributed by atoms with Crippen molar-refractivity contribution in [2.45, 2.75) is 11.8 Å². The van der Waals surface area contributed by atoms with Crippen LogP contribution < -0.4 is 4.72 Å². The lowest BCUT2D eigenvalue weighted by Gasteiger charge is -2.09. The van der Waals surface area contributed by atoms with Crippen molar-refractivity contribution in [1.29, 1.82) is 0 Å². The summed E-state index contributed by atoms with van der Waals surface area (Å²) in [5.74, 6) is 0. The molecular weight excluding hydrogens is 308 g/mol. The fraction of sp³-hybridized carbons (Fsp3) is 0.0667. The van der Waals surface area contributed by atoms with E-state index >= 15 is 0 Å². The third kappa shape index (κ3) is 2.89. The summed E-state index contributed by atoms with van der Waals surface area (Å²) in [6, 6.07) is 11.9. The maximum absolute atomic E-state index is 12.4. The summed E-state index contributed by atoms with van der Waals surface area (Å²) in [5.41, 5.74) is 2.26. The van der Waals surface area contributed by atoms with Gasteiger partial charge in [0.15, 0.2) is 0 Å². The van der Waals surface area contributed by atoms with E-state index in [0.717, 1.165) is 16.5 Å². The van der Waals surface area contributed by atoms with Crippen LogP contribution in [0.3, 0.4) is 0 Å². The highest BCUT2D eigenvalue weighted by Gasteiger charge is 2.15. The number of benzene rings is 2. The molecule has 0 spiro atoms. The van der Waals surface area contributed by atoms with Crippen LogP contribution in [0.4, 0.5) is 5.69 Å². The van der Waals surface area contributed by atoms with Crippen LogP contribution in [0.5, 0.6) is 0 Å². The largest absolute Gasteiger partial charge is 0.361 e. The van der Waals surface area contributed by atoms with Gasteiger partial charge in [-0.1, -0.05) is 11.6 Å². The van der Waals surface area contributed by atoms with Gasteiger partial charge in [0.25, 0.3) is 10.0 Å². The summed E-state index contributed by atoms with van der Waals surface area (Å²) in [5, 5.41) is 1.34. The Morgan fingerprint density at radius 3 is 2.67 bits per heavy atom. The van der Waals surface area contributed by atoms with Gasteiger partial charge in [-0.25, -0.2) is 8.42 Å². The number of fused-ring (bicyclic) bond motifs is 1. The van der Waals surface area contributed by atoms with Crippen LogP contribution >= 0.6 is 11.6 Å². The summed E-state index contributed by atoms with van der Waals surface area (Å²) >= 11 is 5.93. The third-order valence-electron chi connectivity index (χ3n) is 3.13. The van der Waals surface area contributed by atoms with E-state index in [2.05, 4.69) is 9.71 Å². The molecule has 4 nitrogen and oxygen atoms in total. The molecule has 0 saturated heterocycles. The van der Waals surface area contributed by atoms with Crippen molar-refractivity contribution >= 4 is 38.2 Å². The molecule has 0 aliphatic heterocycles. The summed E-state index contributed by atoms with van der Waals surface area (Å²) in [7, 11) is -3.65. The predicted octanol–water partition coefficient (Wildman–Crippen LogP) is 3.93. The Labute approximate surface area is 127 Å². The van der Waals surface area contributed by atoms with Crippen LogP contribution in [0, 0.1) is 6.92 Å². The molecule has 21 heavy (non-hydrogen) atoms. The average molecular weight is 321 g/mol. The van der Waals surface area contributed by atoms with Crippen molar-refractivity contribution in [1.82, 2.24) is 4.98 Å². The highest BCUT2D eigenvalue weighted by atomic mass is 35.5. The molecule has 1 aromatic heterocycles. The Morgan fingerprint density at radius 2 is 1.90 bits per heavy atom. The lowest BCUT2D eigenvalue weighted by atomic mass is 10.2. The molecule has 1 heterocycles. The van der Waals surface area contributed by atoms with E-state index in [0.29, 0.717) is 10.7 Å². The fourth-order valence-corrected chi connectivity index (χ4v) is 3.72. The normalized spacial score (nSPS) is 11.7. The zero-order valence-corrected chi connectivity index (χ0v) is 12.8. The minimum Gasteiger partial charge on any atom is -0.361 e. The minimum atomic E-state index is -3.65. The van der Waals surface area contributed by atoms with Crippen molar-refractivity contribution in [3.8, 4) is 0 Å². The van der Waals surface area contributed by atoms with Gasteiger partial charge in [-0.15, -0.1) is 0 Å². The Morgan fingerprint density at radius 1 is 1.10 bits per heavy atom. The number of anilines is 1. The Kier molecular flexibility index (Phi) is 3.39. The Hall–Kier alpha value is -1.98. The number of rotatable bonds is 3. The number of sulfonamides is 1. The molecule has 3 rings (SSSR count). The number of aryl methyl sites for hydroxylation is 1.